The molecule has 0 aromatic heterocycles. The number of amides is 1. The molecule has 1 saturated carbocycles. The SMILES string of the molecule is CN[C@@H]1C2CC([C@H]1F)N(C(=O)OC(C)(C)C)C2. The summed E-state index contributed by atoms with van der Waals surface area (Å²) in [6.07, 6.45) is -0.625. The third-order valence-corrected chi connectivity index (χ3v) is 3.56. The van der Waals surface area contributed by atoms with Gasteiger partial charge in [0.15, 0.2) is 0 Å². The van der Waals surface area contributed by atoms with Crippen molar-refractivity contribution in [1.82, 2.24) is 10.2 Å². The first-order valence-corrected chi connectivity index (χ1v) is 6.14. The molecule has 2 bridgehead atoms. The summed E-state index contributed by atoms with van der Waals surface area (Å²) in [5.41, 5.74) is -0.521. The lowest BCUT2D eigenvalue weighted by Crippen LogP contribution is -2.53. The fourth-order valence-corrected chi connectivity index (χ4v) is 2.89. The molecule has 0 aromatic rings. The first-order chi connectivity index (χ1) is 7.83. The Bertz CT molecular complexity index is 314. The summed E-state index contributed by atoms with van der Waals surface area (Å²) in [6, 6.07) is -0.425. The van der Waals surface area contributed by atoms with Gasteiger partial charge in [0.25, 0.3) is 0 Å². The lowest BCUT2D eigenvalue weighted by atomic mass is 10.0. The summed E-state index contributed by atoms with van der Waals surface area (Å²) >= 11 is 0. The van der Waals surface area contributed by atoms with Gasteiger partial charge in [-0.3, -0.25) is 0 Å². The summed E-state index contributed by atoms with van der Waals surface area (Å²) in [5, 5.41) is 3.00. The van der Waals surface area contributed by atoms with Crippen molar-refractivity contribution in [1.29, 1.82) is 0 Å². The van der Waals surface area contributed by atoms with E-state index in [-0.39, 0.29) is 24.1 Å². The highest BCUT2D eigenvalue weighted by atomic mass is 19.1. The Morgan fingerprint density at radius 2 is 2.12 bits per heavy atom. The van der Waals surface area contributed by atoms with E-state index in [1.807, 2.05) is 20.8 Å². The number of hydrogen-bond donors (Lipinski definition) is 1. The molecule has 1 saturated heterocycles. The number of rotatable bonds is 1. The van der Waals surface area contributed by atoms with Crippen LogP contribution in [0.1, 0.15) is 27.2 Å². The molecule has 2 rings (SSSR count). The van der Waals surface area contributed by atoms with Crippen molar-refractivity contribution in [2.24, 2.45) is 5.92 Å². The van der Waals surface area contributed by atoms with Crippen molar-refractivity contribution in [2.75, 3.05) is 13.6 Å². The van der Waals surface area contributed by atoms with Gasteiger partial charge in [0, 0.05) is 12.6 Å². The molecular weight excluding hydrogens is 223 g/mol. The van der Waals surface area contributed by atoms with E-state index in [0.29, 0.717) is 6.54 Å². The third kappa shape index (κ3) is 2.25. The molecule has 1 amide bonds. The average Bonchev–Trinajstić information content (AvgIpc) is 2.71. The number of carbonyl (C=O) groups excluding carboxylic acids is 1. The number of likely N-dealkylation sites (tertiary alicyclic amines) is 1. The second kappa shape index (κ2) is 4.12. The van der Waals surface area contributed by atoms with E-state index in [0.717, 1.165) is 6.42 Å². The van der Waals surface area contributed by atoms with Gasteiger partial charge < -0.3 is 15.0 Å². The fraction of sp³-hybridized carbons (Fsp3) is 0.917. The molecule has 1 heterocycles. The van der Waals surface area contributed by atoms with E-state index < -0.39 is 11.8 Å². The number of nitrogens with zero attached hydrogens (tertiary/aromatic N) is 1. The number of ether oxygens (including phenoxy) is 1. The first-order valence-electron chi connectivity index (χ1n) is 6.14. The van der Waals surface area contributed by atoms with Crippen molar-refractivity contribution in [3.63, 3.8) is 0 Å². The lowest BCUT2D eigenvalue weighted by Gasteiger charge is -2.35. The van der Waals surface area contributed by atoms with Gasteiger partial charge in [-0.1, -0.05) is 0 Å². The van der Waals surface area contributed by atoms with Crippen LogP contribution in [0.4, 0.5) is 9.18 Å². The van der Waals surface area contributed by atoms with Crippen LogP contribution in [0.15, 0.2) is 0 Å². The smallest absolute Gasteiger partial charge is 0.410 e. The molecule has 5 heteroatoms. The summed E-state index contributed by atoms with van der Waals surface area (Å²) < 4.78 is 19.3. The molecule has 0 aromatic carbocycles. The maximum absolute atomic E-state index is 14.0. The summed E-state index contributed by atoms with van der Waals surface area (Å²) in [7, 11) is 1.77. The molecule has 0 radical (unpaired) electrons. The van der Waals surface area contributed by atoms with Crippen LogP contribution in [0, 0.1) is 5.92 Å². The van der Waals surface area contributed by atoms with Gasteiger partial charge in [-0.25, -0.2) is 9.18 Å². The molecule has 1 N–H and O–H groups in total. The van der Waals surface area contributed by atoms with Gasteiger partial charge in [-0.2, -0.15) is 0 Å². The van der Waals surface area contributed by atoms with Crippen LogP contribution >= 0.6 is 0 Å². The Labute approximate surface area is 101 Å². The van der Waals surface area contributed by atoms with Crippen LogP contribution in [0.5, 0.6) is 0 Å². The molecule has 17 heavy (non-hydrogen) atoms. The van der Waals surface area contributed by atoms with E-state index in [1.54, 1.807) is 11.9 Å². The zero-order chi connectivity index (χ0) is 12.8. The number of fused-ring (bicyclic) bond motifs is 2. The molecule has 2 unspecified atom stereocenters. The molecule has 0 spiro atoms. The average molecular weight is 244 g/mol. The molecule has 98 valence electrons. The van der Waals surface area contributed by atoms with Crippen molar-refractivity contribution in [3.8, 4) is 0 Å². The lowest BCUT2D eigenvalue weighted by molar-refractivity contribution is 0.00608. The zero-order valence-corrected chi connectivity index (χ0v) is 10.9. The summed E-state index contributed by atoms with van der Waals surface area (Å²) in [6.45, 7) is 6.07. The minimum Gasteiger partial charge on any atom is -0.444 e. The monoisotopic (exact) mass is 244 g/mol. The molecule has 4 atom stereocenters. The van der Waals surface area contributed by atoms with Crippen molar-refractivity contribution in [3.05, 3.63) is 0 Å². The summed E-state index contributed by atoms with van der Waals surface area (Å²) in [4.78, 5) is 13.5. The van der Waals surface area contributed by atoms with Gasteiger partial charge in [0.1, 0.15) is 11.8 Å². The minimum atomic E-state index is -0.980. The van der Waals surface area contributed by atoms with Crippen molar-refractivity contribution < 1.29 is 13.9 Å². The maximum atomic E-state index is 14.0. The Morgan fingerprint density at radius 3 is 2.59 bits per heavy atom. The highest BCUT2D eigenvalue weighted by molar-refractivity contribution is 5.69. The van der Waals surface area contributed by atoms with E-state index in [9.17, 15) is 9.18 Å². The van der Waals surface area contributed by atoms with Crippen molar-refractivity contribution >= 4 is 6.09 Å². The van der Waals surface area contributed by atoms with Crippen LogP contribution < -0.4 is 5.32 Å². The molecule has 1 aliphatic heterocycles. The number of carbonyl (C=O) groups is 1. The number of nitrogens with one attached hydrogen (secondary N) is 1. The van der Waals surface area contributed by atoms with Gasteiger partial charge >= 0.3 is 6.09 Å². The van der Waals surface area contributed by atoms with Crippen LogP contribution in [0.2, 0.25) is 0 Å². The molecule has 2 aliphatic rings. The van der Waals surface area contributed by atoms with E-state index in [1.165, 1.54) is 0 Å². The van der Waals surface area contributed by atoms with Gasteiger partial charge in [-0.05, 0) is 40.2 Å². The quantitative estimate of drug-likeness (QED) is 0.761. The van der Waals surface area contributed by atoms with Gasteiger partial charge in [0.2, 0.25) is 0 Å². The Balaban J connectivity index is 2.01. The zero-order valence-electron chi connectivity index (χ0n) is 10.9. The van der Waals surface area contributed by atoms with Gasteiger partial charge in [-0.15, -0.1) is 0 Å². The van der Waals surface area contributed by atoms with Crippen LogP contribution in [-0.4, -0.2) is 48.4 Å². The normalized spacial score (nSPS) is 36.4. The predicted octanol–water partition coefficient (Wildman–Crippen LogP) is 1.55. The molecule has 4 nitrogen and oxygen atoms in total. The van der Waals surface area contributed by atoms with E-state index in [4.69, 9.17) is 4.74 Å². The molecule has 1 aliphatic carbocycles. The fourth-order valence-electron chi connectivity index (χ4n) is 2.89. The van der Waals surface area contributed by atoms with Crippen LogP contribution in [0.25, 0.3) is 0 Å². The Hall–Kier alpha value is -0.840. The largest absolute Gasteiger partial charge is 0.444 e. The topological polar surface area (TPSA) is 41.6 Å². The second-order valence-electron chi connectivity index (χ2n) is 5.95. The number of halogens is 1. The Morgan fingerprint density at radius 1 is 1.47 bits per heavy atom. The van der Waals surface area contributed by atoms with E-state index in [2.05, 4.69) is 5.32 Å². The second-order valence-corrected chi connectivity index (χ2v) is 5.95. The van der Waals surface area contributed by atoms with Crippen LogP contribution in [0.3, 0.4) is 0 Å². The molecular formula is C12H21FN2O2. The number of hydrogen-bond acceptors (Lipinski definition) is 3. The molecule has 2 fully saturated rings. The Kier molecular flexibility index (Phi) is 3.06. The van der Waals surface area contributed by atoms with Crippen LogP contribution in [-0.2, 0) is 4.74 Å². The minimum absolute atomic E-state index is 0.112. The van der Waals surface area contributed by atoms with E-state index >= 15 is 0 Å². The third-order valence-electron chi connectivity index (χ3n) is 3.56. The highest BCUT2D eigenvalue weighted by Gasteiger charge is 2.54. The highest BCUT2D eigenvalue weighted by Crippen LogP contribution is 2.40. The standard InChI is InChI=1S/C12H21FN2O2/c1-12(2,3)17-11(16)15-6-7-5-8(15)9(13)10(7)14-4/h7-10,14H,5-6H2,1-4H3/t7?,8?,9-,10-/m1/s1. The maximum Gasteiger partial charge on any atom is 0.410 e. The number of piperidine rings is 1. The summed E-state index contributed by atoms with van der Waals surface area (Å²) in [5.74, 6) is 0.215. The van der Waals surface area contributed by atoms with Crippen molar-refractivity contribution in [2.45, 2.75) is 51.0 Å². The van der Waals surface area contributed by atoms with Gasteiger partial charge in [0.05, 0.1) is 6.04 Å². The number of alkyl halides is 1. The first kappa shape index (κ1) is 12.6. The predicted molar refractivity (Wildman–Crippen MR) is 62.6 cm³/mol.